The Morgan fingerprint density at radius 2 is 1.44 bits per heavy atom. The summed E-state index contributed by atoms with van der Waals surface area (Å²) in [6.45, 7) is 0. The molecule has 4 aromatic rings. The van der Waals surface area contributed by atoms with Crippen molar-refractivity contribution in [2.45, 2.75) is 62.9 Å². The topological polar surface area (TPSA) is 205 Å². The summed E-state index contributed by atoms with van der Waals surface area (Å²) in [6.07, 6.45) is 8.18. The average molecular weight is 639 g/mol. The van der Waals surface area contributed by atoms with E-state index in [0.29, 0.717) is 82.3 Å². The Hall–Kier alpha value is -6.28. The van der Waals surface area contributed by atoms with E-state index in [1.807, 2.05) is 30.3 Å². The van der Waals surface area contributed by atoms with Crippen LogP contribution >= 0.6 is 0 Å². The number of anilines is 8. The van der Waals surface area contributed by atoms with E-state index in [0.717, 1.165) is 42.4 Å². The lowest BCUT2D eigenvalue weighted by Crippen LogP contribution is -2.26. The molecule has 2 aromatic carbocycles. The quantitative estimate of drug-likeness (QED) is 0.143. The number of rotatable bonds is 9. The molecule has 4 aliphatic rings. The number of nitriles is 2. The second kappa shape index (κ2) is 11.8. The molecule has 2 amide bonds. The third kappa shape index (κ3) is 5.99. The molecule has 2 aliphatic carbocycles. The highest BCUT2D eigenvalue weighted by Gasteiger charge is 2.32. The van der Waals surface area contributed by atoms with Gasteiger partial charge in [-0.1, -0.05) is 0 Å². The highest BCUT2D eigenvalue weighted by Crippen LogP contribution is 2.45. The van der Waals surface area contributed by atoms with E-state index in [9.17, 15) is 20.1 Å². The second-order valence-electron chi connectivity index (χ2n) is 12.5. The summed E-state index contributed by atoms with van der Waals surface area (Å²) in [4.78, 5) is 43.5. The summed E-state index contributed by atoms with van der Waals surface area (Å²) < 4.78 is 0. The van der Waals surface area contributed by atoms with E-state index in [4.69, 9.17) is 0 Å². The summed E-state index contributed by atoms with van der Waals surface area (Å²) in [5.41, 5.74) is 5.92. The Labute approximate surface area is 275 Å². The Morgan fingerprint density at radius 3 is 2.21 bits per heavy atom. The fraction of sp³-hybridized carbons (Fsp3) is 0.294. The zero-order valence-corrected chi connectivity index (χ0v) is 25.7. The van der Waals surface area contributed by atoms with Crippen molar-refractivity contribution >= 4 is 58.1 Å². The van der Waals surface area contributed by atoms with E-state index in [1.165, 1.54) is 12.4 Å². The predicted octanol–water partition coefficient (Wildman–Crippen LogP) is 5.00. The molecule has 1 atom stereocenters. The Kier molecular flexibility index (Phi) is 7.18. The predicted molar refractivity (Wildman–Crippen MR) is 178 cm³/mol. The van der Waals surface area contributed by atoms with Crippen molar-refractivity contribution in [3.63, 3.8) is 0 Å². The van der Waals surface area contributed by atoms with Crippen molar-refractivity contribution in [1.82, 2.24) is 19.9 Å². The molecule has 238 valence electrons. The molecular weight excluding hydrogens is 608 g/mol. The van der Waals surface area contributed by atoms with Crippen molar-refractivity contribution in [2.24, 2.45) is 0 Å². The summed E-state index contributed by atoms with van der Waals surface area (Å²) in [5.74, 6) is 0.992. The summed E-state index contributed by atoms with van der Waals surface area (Å²) in [6, 6.07) is 14.4. The number of carbonyl (C=O) groups is 2. The van der Waals surface area contributed by atoms with Gasteiger partial charge in [0.05, 0.1) is 12.4 Å². The van der Waals surface area contributed by atoms with E-state index >= 15 is 0 Å². The van der Waals surface area contributed by atoms with E-state index in [-0.39, 0.29) is 18.2 Å². The van der Waals surface area contributed by atoms with Gasteiger partial charge < -0.3 is 31.9 Å². The molecule has 0 radical (unpaired) electrons. The highest BCUT2D eigenvalue weighted by atomic mass is 16.2. The van der Waals surface area contributed by atoms with Crippen LogP contribution in [-0.2, 0) is 16.0 Å². The first-order valence-electron chi connectivity index (χ1n) is 15.9. The van der Waals surface area contributed by atoms with Gasteiger partial charge in [0.1, 0.15) is 29.1 Å². The molecule has 8 rings (SSSR count). The molecule has 6 N–H and O–H groups in total. The Bertz CT molecular complexity index is 2080. The largest absolute Gasteiger partial charge is 0.366 e. The van der Waals surface area contributed by atoms with Crippen molar-refractivity contribution < 1.29 is 9.59 Å². The summed E-state index contributed by atoms with van der Waals surface area (Å²) in [7, 11) is 0. The van der Waals surface area contributed by atoms with E-state index < -0.39 is 5.92 Å². The van der Waals surface area contributed by atoms with Crippen LogP contribution in [0.4, 0.5) is 46.3 Å². The minimum absolute atomic E-state index is 0.0905. The molecule has 2 saturated carbocycles. The number of aromatic nitrogens is 4. The molecule has 2 aromatic heterocycles. The minimum atomic E-state index is -0.411. The molecule has 2 fully saturated rings. The number of hydrogen-bond acceptors (Lipinski definition) is 12. The van der Waals surface area contributed by atoms with Gasteiger partial charge in [-0.3, -0.25) is 9.59 Å². The van der Waals surface area contributed by atoms with Crippen LogP contribution in [0.15, 0.2) is 42.7 Å². The standard InChI is InChI=1S/C34H30N12O2/c35-13-18-15-38-34(45-31(18)39-20-2-3-20)42-22-6-7-27-25(10-22)24(12-29(48)43-27)26-11-23(9-17-1-8-28(47)44-30(17)26)40-32-19(14-36)16-37-33(46-32)41-21-4-5-21/h6-7,9-11,15-16,20-21,24H,1-5,8,12H2,(H,43,48)(H,44,47)(H2,37,40,41,46)(H2,38,39,42,45). The average Bonchev–Trinajstić information content (AvgIpc) is 4.03. The lowest BCUT2D eigenvalue weighted by atomic mass is 9.81. The number of nitrogens with one attached hydrogen (secondary N) is 6. The number of carbonyl (C=O) groups excluding carboxylic acids is 2. The Morgan fingerprint density at radius 1 is 0.729 bits per heavy atom. The van der Waals surface area contributed by atoms with Crippen LogP contribution in [-0.4, -0.2) is 43.8 Å². The maximum absolute atomic E-state index is 13.1. The molecule has 48 heavy (non-hydrogen) atoms. The molecule has 2 aliphatic heterocycles. The first-order valence-corrected chi connectivity index (χ1v) is 15.9. The van der Waals surface area contributed by atoms with Gasteiger partial charge in [0.15, 0.2) is 5.82 Å². The minimum Gasteiger partial charge on any atom is -0.366 e. The van der Waals surface area contributed by atoms with Crippen LogP contribution < -0.4 is 31.9 Å². The second-order valence-corrected chi connectivity index (χ2v) is 12.5. The zero-order chi connectivity index (χ0) is 32.8. The van der Waals surface area contributed by atoms with Crippen LogP contribution in [0.25, 0.3) is 0 Å². The fourth-order valence-electron chi connectivity index (χ4n) is 6.05. The monoisotopic (exact) mass is 638 g/mol. The van der Waals surface area contributed by atoms with Crippen LogP contribution in [0, 0.1) is 22.7 Å². The van der Waals surface area contributed by atoms with Gasteiger partial charge in [0, 0.05) is 53.6 Å². The maximum Gasteiger partial charge on any atom is 0.229 e. The lowest BCUT2D eigenvalue weighted by molar-refractivity contribution is -0.117. The SMILES string of the molecule is N#Cc1cnc(NC2CC2)nc1Nc1cc2c(c(C3CC(=O)Nc4ccc(Nc5ncc(C#N)c(NC6CC6)n5)cc43)c1)NC(=O)CC2. The van der Waals surface area contributed by atoms with Gasteiger partial charge in [-0.15, -0.1) is 0 Å². The van der Waals surface area contributed by atoms with E-state index in [1.54, 1.807) is 0 Å². The van der Waals surface area contributed by atoms with Crippen LogP contribution in [0.3, 0.4) is 0 Å². The number of amides is 2. The molecule has 0 bridgehead atoms. The first kappa shape index (κ1) is 29.1. The zero-order valence-electron chi connectivity index (χ0n) is 25.7. The Balaban J connectivity index is 1.16. The third-order valence-electron chi connectivity index (χ3n) is 8.77. The molecule has 14 nitrogen and oxygen atoms in total. The maximum atomic E-state index is 13.1. The molecule has 0 spiro atoms. The van der Waals surface area contributed by atoms with Gasteiger partial charge in [-0.2, -0.15) is 20.5 Å². The molecule has 14 heteroatoms. The van der Waals surface area contributed by atoms with Gasteiger partial charge in [-0.25, -0.2) is 9.97 Å². The van der Waals surface area contributed by atoms with Crippen molar-refractivity contribution in [3.05, 3.63) is 70.5 Å². The fourth-order valence-corrected chi connectivity index (χ4v) is 6.05. The van der Waals surface area contributed by atoms with Crippen LogP contribution in [0.1, 0.15) is 72.3 Å². The van der Waals surface area contributed by atoms with Gasteiger partial charge in [0.2, 0.25) is 23.7 Å². The normalized spacial score (nSPS) is 17.8. The van der Waals surface area contributed by atoms with Crippen molar-refractivity contribution in [3.8, 4) is 12.1 Å². The molecule has 1 unspecified atom stereocenters. The van der Waals surface area contributed by atoms with Gasteiger partial charge in [0.25, 0.3) is 0 Å². The molecular formula is C34H30N12O2. The number of hydrogen-bond donors (Lipinski definition) is 6. The molecule has 4 heterocycles. The number of fused-ring (bicyclic) bond motifs is 2. The van der Waals surface area contributed by atoms with Crippen molar-refractivity contribution in [1.29, 1.82) is 10.5 Å². The van der Waals surface area contributed by atoms with Gasteiger partial charge in [-0.05, 0) is 79.1 Å². The first-order chi connectivity index (χ1) is 23.4. The summed E-state index contributed by atoms with van der Waals surface area (Å²) >= 11 is 0. The highest BCUT2D eigenvalue weighted by molar-refractivity contribution is 5.99. The van der Waals surface area contributed by atoms with Crippen LogP contribution in [0.2, 0.25) is 0 Å². The number of nitrogens with zero attached hydrogens (tertiary/aromatic N) is 6. The number of benzene rings is 2. The van der Waals surface area contributed by atoms with Crippen molar-refractivity contribution in [2.75, 3.05) is 31.9 Å². The summed E-state index contributed by atoms with van der Waals surface area (Å²) in [5, 5.41) is 38.5. The smallest absolute Gasteiger partial charge is 0.229 e. The van der Waals surface area contributed by atoms with E-state index in [2.05, 4.69) is 64.0 Å². The van der Waals surface area contributed by atoms with Crippen LogP contribution in [0.5, 0.6) is 0 Å². The molecule has 0 saturated heterocycles. The number of aryl methyl sites for hydroxylation is 1. The van der Waals surface area contributed by atoms with Gasteiger partial charge >= 0.3 is 0 Å². The third-order valence-corrected chi connectivity index (χ3v) is 8.77. The lowest BCUT2D eigenvalue weighted by Gasteiger charge is -2.31.